The minimum atomic E-state index is 0.882. The van der Waals surface area contributed by atoms with Gasteiger partial charge in [0.2, 0.25) is 0 Å². The zero-order valence-electron chi connectivity index (χ0n) is 12.5. The van der Waals surface area contributed by atoms with Crippen LogP contribution in [0.2, 0.25) is 0 Å². The van der Waals surface area contributed by atoms with Crippen molar-refractivity contribution in [3.8, 4) is 0 Å². The van der Waals surface area contributed by atoms with Gasteiger partial charge in [0.15, 0.2) is 0 Å². The lowest BCUT2D eigenvalue weighted by Gasteiger charge is -2.21. The molecule has 2 heteroatoms. The molecule has 106 valence electrons. The number of hydrogen-bond donors (Lipinski definition) is 1. The van der Waals surface area contributed by atoms with Crippen LogP contribution in [0.5, 0.6) is 0 Å². The molecule has 0 bridgehead atoms. The van der Waals surface area contributed by atoms with Gasteiger partial charge in [-0.05, 0) is 35.7 Å². The Hall–Kier alpha value is -1.80. The summed E-state index contributed by atoms with van der Waals surface area (Å²) in [5.74, 6) is 0. The van der Waals surface area contributed by atoms with E-state index in [-0.39, 0.29) is 0 Å². The average molecular weight is 268 g/mol. The van der Waals surface area contributed by atoms with Gasteiger partial charge in [0, 0.05) is 18.8 Å². The summed E-state index contributed by atoms with van der Waals surface area (Å²) in [4.78, 5) is 2.41. The number of nitrogens with zero attached hydrogens (tertiary/aromatic N) is 1. The van der Waals surface area contributed by atoms with E-state index in [9.17, 15) is 0 Å². The van der Waals surface area contributed by atoms with E-state index in [0.717, 1.165) is 31.7 Å². The molecule has 0 heterocycles. The number of hydrogen-bond acceptors (Lipinski definition) is 2. The van der Waals surface area contributed by atoms with Gasteiger partial charge >= 0.3 is 0 Å². The summed E-state index contributed by atoms with van der Waals surface area (Å²) in [5, 5.41) is 0. The summed E-state index contributed by atoms with van der Waals surface area (Å²) >= 11 is 0. The maximum Gasteiger partial charge on any atom is 0.0359 e. The van der Waals surface area contributed by atoms with Gasteiger partial charge in [-0.3, -0.25) is 4.90 Å². The lowest BCUT2D eigenvalue weighted by Crippen LogP contribution is -2.22. The summed E-state index contributed by atoms with van der Waals surface area (Å²) in [5.41, 5.74) is 10.9. The first-order valence-electron chi connectivity index (χ1n) is 7.36. The highest BCUT2D eigenvalue weighted by molar-refractivity contribution is 5.46. The highest BCUT2D eigenvalue weighted by Crippen LogP contribution is 2.15. The normalized spacial score (nSPS) is 10.9. The lowest BCUT2D eigenvalue weighted by molar-refractivity contribution is 0.272. The topological polar surface area (TPSA) is 29.3 Å². The molecule has 2 aromatic rings. The molecule has 2 N–H and O–H groups in total. The Bertz CT molecular complexity index is 531. The van der Waals surface area contributed by atoms with Gasteiger partial charge in [0.05, 0.1) is 0 Å². The fourth-order valence-corrected chi connectivity index (χ4v) is 2.34. The van der Waals surface area contributed by atoms with Gasteiger partial charge in [-0.15, -0.1) is 0 Å². The van der Waals surface area contributed by atoms with Gasteiger partial charge < -0.3 is 5.73 Å². The molecule has 20 heavy (non-hydrogen) atoms. The van der Waals surface area contributed by atoms with Crippen molar-refractivity contribution in [2.45, 2.75) is 33.4 Å². The number of nitrogen functional groups attached to an aromatic ring is 1. The average Bonchev–Trinajstić information content (AvgIpc) is 2.49. The number of rotatable bonds is 6. The van der Waals surface area contributed by atoms with E-state index >= 15 is 0 Å². The summed E-state index contributed by atoms with van der Waals surface area (Å²) in [6.07, 6.45) is 1.10. The lowest BCUT2D eigenvalue weighted by atomic mass is 10.1. The second kappa shape index (κ2) is 7.11. The largest absolute Gasteiger partial charge is 0.398 e. The summed E-state index contributed by atoms with van der Waals surface area (Å²) in [7, 11) is 0. The number of benzene rings is 2. The highest BCUT2D eigenvalue weighted by atomic mass is 15.1. The molecule has 0 unspecified atom stereocenters. The van der Waals surface area contributed by atoms with Crippen LogP contribution >= 0.6 is 0 Å². The first kappa shape index (κ1) is 14.6. The van der Waals surface area contributed by atoms with Crippen LogP contribution in [0.3, 0.4) is 0 Å². The molecule has 0 aliphatic carbocycles. The molecule has 0 amide bonds. The highest BCUT2D eigenvalue weighted by Gasteiger charge is 2.07. The van der Waals surface area contributed by atoms with Crippen molar-refractivity contribution in [2.75, 3.05) is 12.3 Å². The van der Waals surface area contributed by atoms with Gasteiger partial charge in [-0.1, -0.05) is 56.3 Å². The maximum atomic E-state index is 6.03. The SMILES string of the molecule is CCc1ccc(CN(CC)Cc2ccccc2N)cc1. The molecule has 0 aromatic heterocycles. The summed E-state index contributed by atoms with van der Waals surface area (Å²) < 4.78 is 0. The van der Waals surface area contributed by atoms with Crippen molar-refractivity contribution in [1.29, 1.82) is 0 Å². The van der Waals surface area contributed by atoms with Crippen LogP contribution < -0.4 is 5.73 Å². The standard InChI is InChI=1S/C18H24N2/c1-3-15-9-11-16(12-10-15)13-20(4-2)14-17-7-5-6-8-18(17)19/h5-12H,3-4,13-14,19H2,1-2H3. The van der Waals surface area contributed by atoms with Crippen LogP contribution in [0.25, 0.3) is 0 Å². The molecule has 2 nitrogen and oxygen atoms in total. The number of nitrogens with two attached hydrogens (primary N) is 1. The molecule has 0 saturated heterocycles. The molecule has 0 radical (unpaired) electrons. The predicted molar refractivity (Wildman–Crippen MR) is 86.5 cm³/mol. The molecular formula is C18H24N2. The fraction of sp³-hybridized carbons (Fsp3) is 0.333. The van der Waals surface area contributed by atoms with Crippen LogP contribution in [0.1, 0.15) is 30.5 Å². The van der Waals surface area contributed by atoms with Crippen molar-refractivity contribution >= 4 is 5.69 Å². The second-order valence-electron chi connectivity index (χ2n) is 5.17. The smallest absolute Gasteiger partial charge is 0.0359 e. The van der Waals surface area contributed by atoms with E-state index in [1.54, 1.807) is 0 Å². The Kier molecular flexibility index (Phi) is 5.19. The van der Waals surface area contributed by atoms with E-state index < -0.39 is 0 Å². The number of anilines is 1. The zero-order valence-corrected chi connectivity index (χ0v) is 12.5. The van der Waals surface area contributed by atoms with Crippen molar-refractivity contribution < 1.29 is 0 Å². The van der Waals surface area contributed by atoms with Crippen LogP contribution in [-0.4, -0.2) is 11.4 Å². The van der Waals surface area contributed by atoms with E-state index in [1.807, 2.05) is 12.1 Å². The van der Waals surface area contributed by atoms with Crippen molar-refractivity contribution in [3.63, 3.8) is 0 Å². The predicted octanol–water partition coefficient (Wildman–Crippen LogP) is 3.85. The Morgan fingerprint density at radius 1 is 0.850 bits per heavy atom. The minimum absolute atomic E-state index is 0.882. The molecule has 0 atom stereocenters. The van der Waals surface area contributed by atoms with Crippen LogP contribution in [0.4, 0.5) is 5.69 Å². The van der Waals surface area contributed by atoms with Gasteiger partial charge in [0.25, 0.3) is 0 Å². The summed E-state index contributed by atoms with van der Waals surface area (Å²) in [6.45, 7) is 7.27. The minimum Gasteiger partial charge on any atom is -0.398 e. The van der Waals surface area contributed by atoms with E-state index in [4.69, 9.17) is 5.73 Å². The van der Waals surface area contributed by atoms with E-state index in [1.165, 1.54) is 16.7 Å². The van der Waals surface area contributed by atoms with E-state index in [0.29, 0.717) is 0 Å². The van der Waals surface area contributed by atoms with Gasteiger partial charge in [-0.2, -0.15) is 0 Å². The third-order valence-corrected chi connectivity index (χ3v) is 3.73. The molecule has 2 aromatic carbocycles. The van der Waals surface area contributed by atoms with Crippen molar-refractivity contribution in [3.05, 3.63) is 65.2 Å². The zero-order chi connectivity index (χ0) is 14.4. The Morgan fingerprint density at radius 3 is 2.10 bits per heavy atom. The molecule has 0 spiro atoms. The number of aryl methyl sites for hydroxylation is 1. The monoisotopic (exact) mass is 268 g/mol. The molecule has 0 saturated carbocycles. The quantitative estimate of drug-likeness (QED) is 0.806. The summed E-state index contributed by atoms with van der Waals surface area (Å²) in [6, 6.07) is 17.0. The van der Waals surface area contributed by atoms with Crippen molar-refractivity contribution in [1.82, 2.24) is 4.90 Å². The molecule has 0 fully saturated rings. The van der Waals surface area contributed by atoms with Crippen molar-refractivity contribution in [2.24, 2.45) is 0 Å². The molecule has 2 rings (SSSR count). The fourth-order valence-electron chi connectivity index (χ4n) is 2.34. The first-order chi connectivity index (χ1) is 9.72. The van der Waals surface area contributed by atoms with Crippen LogP contribution in [0.15, 0.2) is 48.5 Å². The van der Waals surface area contributed by atoms with Crippen LogP contribution in [0, 0.1) is 0 Å². The second-order valence-corrected chi connectivity index (χ2v) is 5.17. The Morgan fingerprint density at radius 2 is 1.50 bits per heavy atom. The van der Waals surface area contributed by atoms with Gasteiger partial charge in [0.1, 0.15) is 0 Å². The Labute approximate surface area is 122 Å². The molecular weight excluding hydrogens is 244 g/mol. The van der Waals surface area contributed by atoms with E-state index in [2.05, 4.69) is 55.1 Å². The Balaban J connectivity index is 2.03. The first-order valence-corrected chi connectivity index (χ1v) is 7.36. The third kappa shape index (κ3) is 3.84. The number of para-hydroxylation sites is 1. The maximum absolute atomic E-state index is 6.03. The molecule has 0 aliphatic heterocycles. The van der Waals surface area contributed by atoms with Gasteiger partial charge in [-0.25, -0.2) is 0 Å². The third-order valence-electron chi connectivity index (χ3n) is 3.73. The molecule has 0 aliphatic rings. The van der Waals surface area contributed by atoms with Crippen LogP contribution in [-0.2, 0) is 19.5 Å².